The number of rotatable bonds is 5. The van der Waals surface area contributed by atoms with Crippen LogP contribution in [0, 0.1) is 6.92 Å². The zero-order valence-electron chi connectivity index (χ0n) is 14.5. The number of methoxy groups -OCH3 is 1. The van der Waals surface area contributed by atoms with Crippen LogP contribution in [0.1, 0.15) is 23.6 Å². The van der Waals surface area contributed by atoms with Gasteiger partial charge >= 0.3 is 0 Å². The maximum Gasteiger partial charge on any atom is 0.261 e. The molecule has 5 heteroatoms. The maximum atomic E-state index is 12.6. The summed E-state index contributed by atoms with van der Waals surface area (Å²) in [7, 11) is 1.61. The summed E-state index contributed by atoms with van der Waals surface area (Å²) in [6.45, 7) is 2.25. The fraction of sp³-hybridized carbons (Fsp3) is 0.350. The fourth-order valence-corrected chi connectivity index (χ4v) is 3.19. The number of amides is 1. The number of carbonyl (C=O) groups is 1. The number of aliphatic hydroxyl groups excluding tert-OH is 1. The molecule has 1 aliphatic heterocycles. The van der Waals surface area contributed by atoms with E-state index < -0.39 is 6.10 Å². The molecule has 2 aromatic carbocycles. The predicted octanol–water partition coefficient (Wildman–Crippen LogP) is 2.72. The predicted molar refractivity (Wildman–Crippen MR) is 94.7 cm³/mol. The van der Waals surface area contributed by atoms with E-state index in [1.807, 2.05) is 55.5 Å². The first-order valence-corrected chi connectivity index (χ1v) is 8.38. The van der Waals surface area contributed by atoms with Crippen molar-refractivity contribution >= 4 is 5.91 Å². The van der Waals surface area contributed by atoms with Gasteiger partial charge in [-0.15, -0.1) is 0 Å². The minimum absolute atomic E-state index is 0.0450. The van der Waals surface area contributed by atoms with Gasteiger partial charge in [-0.1, -0.05) is 24.3 Å². The molecule has 0 spiro atoms. The normalized spacial score (nSPS) is 19.7. The summed E-state index contributed by atoms with van der Waals surface area (Å²) < 4.78 is 10.9. The van der Waals surface area contributed by atoms with Gasteiger partial charge in [-0.05, 0) is 48.7 Å². The molecule has 1 heterocycles. The van der Waals surface area contributed by atoms with Crippen LogP contribution in [-0.4, -0.2) is 42.3 Å². The summed E-state index contributed by atoms with van der Waals surface area (Å²) in [4.78, 5) is 14.3. The van der Waals surface area contributed by atoms with E-state index in [9.17, 15) is 9.90 Å². The number of hydrogen-bond donors (Lipinski definition) is 1. The minimum Gasteiger partial charge on any atom is -0.497 e. The lowest BCUT2D eigenvalue weighted by Crippen LogP contribution is -2.35. The molecule has 5 nitrogen and oxygen atoms in total. The number of aryl methyl sites for hydroxylation is 1. The van der Waals surface area contributed by atoms with E-state index in [2.05, 4.69) is 0 Å². The van der Waals surface area contributed by atoms with Crippen LogP contribution in [0.15, 0.2) is 48.5 Å². The highest BCUT2D eigenvalue weighted by Crippen LogP contribution is 2.33. The van der Waals surface area contributed by atoms with E-state index in [0.29, 0.717) is 18.7 Å². The van der Waals surface area contributed by atoms with Crippen LogP contribution in [0.5, 0.6) is 11.5 Å². The molecular weight excluding hydrogens is 318 g/mol. The quantitative estimate of drug-likeness (QED) is 0.908. The molecule has 2 aromatic rings. The molecular formula is C20H23NO4. The first kappa shape index (κ1) is 17.3. The Morgan fingerprint density at radius 3 is 2.72 bits per heavy atom. The zero-order valence-corrected chi connectivity index (χ0v) is 14.5. The van der Waals surface area contributed by atoms with Crippen molar-refractivity contribution < 1.29 is 19.4 Å². The molecule has 3 rings (SSSR count). The third kappa shape index (κ3) is 4.12. The van der Waals surface area contributed by atoms with E-state index in [1.165, 1.54) is 0 Å². The third-order valence-electron chi connectivity index (χ3n) is 4.43. The topological polar surface area (TPSA) is 59.0 Å². The average Bonchev–Trinajstić information content (AvgIpc) is 3.02. The summed E-state index contributed by atoms with van der Waals surface area (Å²) in [6, 6.07) is 15.0. The first-order valence-electron chi connectivity index (χ1n) is 8.38. The average molecular weight is 341 g/mol. The second kappa shape index (κ2) is 7.57. The Balaban J connectivity index is 1.71. The van der Waals surface area contributed by atoms with Crippen molar-refractivity contribution in [2.75, 3.05) is 20.3 Å². The number of nitrogens with zero attached hydrogens (tertiary/aromatic N) is 1. The fourth-order valence-electron chi connectivity index (χ4n) is 3.19. The largest absolute Gasteiger partial charge is 0.497 e. The van der Waals surface area contributed by atoms with Crippen LogP contribution in [0.4, 0.5) is 0 Å². The van der Waals surface area contributed by atoms with Crippen LogP contribution in [0.25, 0.3) is 0 Å². The highest BCUT2D eigenvalue weighted by Gasteiger charge is 2.35. The molecule has 0 saturated carbocycles. The number of hydrogen-bond acceptors (Lipinski definition) is 4. The molecule has 1 saturated heterocycles. The van der Waals surface area contributed by atoms with Crippen molar-refractivity contribution in [2.45, 2.75) is 25.5 Å². The molecule has 0 bridgehead atoms. The lowest BCUT2D eigenvalue weighted by Gasteiger charge is -2.25. The third-order valence-corrected chi connectivity index (χ3v) is 4.43. The number of benzene rings is 2. The van der Waals surface area contributed by atoms with Gasteiger partial charge in [0, 0.05) is 6.54 Å². The summed E-state index contributed by atoms with van der Waals surface area (Å²) in [5.41, 5.74) is 2.04. The SMILES string of the molecule is COc1cccc([C@@H]2C[C@@H](O)CN2C(=O)COc2cccc(C)c2)c1. The van der Waals surface area contributed by atoms with Gasteiger partial charge in [0.2, 0.25) is 0 Å². The molecule has 0 aliphatic carbocycles. The highest BCUT2D eigenvalue weighted by atomic mass is 16.5. The molecule has 0 unspecified atom stereocenters. The van der Waals surface area contributed by atoms with Crippen molar-refractivity contribution in [3.8, 4) is 11.5 Å². The second-order valence-electron chi connectivity index (χ2n) is 6.33. The van der Waals surface area contributed by atoms with E-state index in [0.717, 1.165) is 16.9 Å². The number of carbonyl (C=O) groups excluding carboxylic acids is 1. The highest BCUT2D eigenvalue weighted by molar-refractivity contribution is 5.78. The molecule has 1 aliphatic rings. The van der Waals surface area contributed by atoms with Crippen molar-refractivity contribution in [1.29, 1.82) is 0 Å². The van der Waals surface area contributed by atoms with Gasteiger partial charge in [0.1, 0.15) is 11.5 Å². The zero-order chi connectivity index (χ0) is 17.8. The molecule has 1 amide bonds. The van der Waals surface area contributed by atoms with Crippen molar-refractivity contribution in [3.63, 3.8) is 0 Å². The number of aliphatic hydroxyl groups is 1. The van der Waals surface area contributed by atoms with E-state index >= 15 is 0 Å². The molecule has 132 valence electrons. The molecule has 0 aromatic heterocycles. The van der Waals surface area contributed by atoms with Gasteiger partial charge in [-0.25, -0.2) is 0 Å². The monoisotopic (exact) mass is 341 g/mol. The van der Waals surface area contributed by atoms with Gasteiger partial charge in [-0.2, -0.15) is 0 Å². The molecule has 25 heavy (non-hydrogen) atoms. The van der Waals surface area contributed by atoms with E-state index in [1.54, 1.807) is 12.0 Å². The first-order chi connectivity index (χ1) is 12.1. The molecule has 1 N–H and O–H groups in total. The summed E-state index contributed by atoms with van der Waals surface area (Å²) in [5, 5.41) is 10.1. The van der Waals surface area contributed by atoms with Gasteiger partial charge < -0.3 is 19.5 Å². The van der Waals surface area contributed by atoms with Crippen LogP contribution in [0.3, 0.4) is 0 Å². The number of β-amino-alcohol motifs (C(OH)–C–C–N with tert-alkyl or cyclic N) is 1. The van der Waals surface area contributed by atoms with Crippen LogP contribution in [0.2, 0.25) is 0 Å². The van der Waals surface area contributed by atoms with Crippen LogP contribution < -0.4 is 9.47 Å². The van der Waals surface area contributed by atoms with Crippen LogP contribution in [-0.2, 0) is 4.79 Å². The van der Waals surface area contributed by atoms with Gasteiger partial charge in [0.15, 0.2) is 6.61 Å². The molecule has 1 fully saturated rings. The minimum atomic E-state index is -0.529. The standard InChI is InChI=1S/C20H23NO4/c1-14-5-3-8-18(9-14)25-13-20(23)21-12-16(22)11-19(21)15-6-4-7-17(10-15)24-2/h3-10,16,19,22H,11-13H2,1-2H3/t16-,19+/m1/s1. The van der Waals surface area contributed by atoms with E-state index in [-0.39, 0.29) is 18.6 Å². The Hall–Kier alpha value is -2.53. The van der Waals surface area contributed by atoms with E-state index in [4.69, 9.17) is 9.47 Å². The Bertz CT molecular complexity index is 746. The molecule has 0 radical (unpaired) electrons. The summed E-state index contributed by atoms with van der Waals surface area (Å²) in [6.07, 6.45) is -0.0114. The Kier molecular flexibility index (Phi) is 5.24. The smallest absolute Gasteiger partial charge is 0.261 e. The maximum absolute atomic E-state index is 12.6. The Morgan fingerprint density at radius 2 is 1.96 bits per heavy atom. The summed E-state index contributed by atoms with van der Waals surface area (Å²) in [5.74, 6) is 1.28. The Morgan fingerprint density at radius 1 is 1.20 bits per heavy atom. The number of likely N-dealkylation sites (tertiary alicyclic amines) is 1. The van der Waals surface area contributed by atoms with Crippen molar-refractivity contribution in [1.82, 2.24) is 4.90 Å². The number of ether oxygens (including phenoxy) is 2. The van der Waals surface area contributed by atoms with Crippen molar-refractivity contribution in [3.05, 3.63) is 59.7 Å². The van der Waals surface area contributed by atoms with Gasteiger partial charge in [0.25, 0.3) is 5.91 Å². The van der Waals surface area contributed by atoms with Gasteiger partial charge in [-0.3, -0.25) is 4.79 Å². The summed E-state index contributed by atoms with van der Waals surface area (Å²) >= 11 is 0. The van der Waals surface area contributed by atoms with Crippen molar-refractivity contribution in [2.24, 2.45) is 0 Å². The molecule has 2 atom stereocenters. The second-order valence-corrected chi connectivity index (χ2v) is 6.33. The lowest BCUT2D eigenvalue weighted by atomic mass is 10.0. The van der Waals surface area contributed by atoms with Gasteiger partial charge in [0.05, 0.1) is 19.3 Å². The lowest BCUT2D eigenvalue weighted by molar-refractivity contribution is -0.134. The Labute approximate surface area is 147 Å². The van der Waals surface area contributed by atoms with Crippen LogP contribution >= 0.6 is 0 Å².